The number of aliphatic hydroxyl groups excluding tert-OH is 1. The van der Waals surface area contributed by atoms with Gasteiger partial charge in [0.2, 0.25) is 0 Å². The molecular weight excluding hydrogens is 396 g/mol. The summed E-state index contributed by atoms with van der Waals surface area (Å²) in [5.74, 6) is 1.27. The minimum absolute atomic E-state index is 0.159. The zero-order valence-electron chi connectivity index (χ0n) is 22.3. The average molecular weight is 451 g/mol. The Morgan fingerprint density at radius 3 is 2.47 bits per heavy atom. The van der Waals surface area contributed by atoms with E-state index in [0.717, 1.165) is 58.0 Å². The molecule has 1 aliphatic carbocycles. The lowest BCUT2D eigenvalue weighted by atomic mass is 9.76. The number of hydrogen-bond acceptors (Lipinski definition) is 3. The van der Waals surface area contributed by atoms with Crippen molar-refractivity contribution in [3.8, 4) is 0 Å². The minimum atomic E-state index is -0.500. The lowest BCUT2D eigenvalue weighted by Gasteiger charge is -2.37. The van der Waals surface area contributed by atoms with Gasteiger partial charge in [0.25, 0.3) is 0 Å². The second kappa shape index (κ2) is 15.3. The minimum Gasteiger partial charge on any atom is -0.390 e. The number of hydrogen-bond donors (Lipinski definition) is 2. The highest BCUT2D eigenvalue weighted by atomic mass is 16.5. The van der Waals surface area contributed by atoms with Crippen LogP contribution >= 0.6 is 0 Å². The highest BCUT2D eigenvalue weighted by Crippen LogP contribution is 2.35. The van der Waals surface area contributed by atoms with Gasteiger partial charge in [-0.05, 0) is 95.5 Å². The van der Waals surface area contributed by atoms with Crippen LogP contribution in [0.3, 0.4) is 0 Å². The monoisotopic (exact) mass is 450 g/mol. The van der Waals surface area contributed by atoms with Gasteiger partial charge >= 0.3 is 0 Å². The quantitative estimate of drug-likeness (QED) is 0.188. The number of unbranched alkanes of at least 4 members (excludes halogenated alkanes) is 2. The third-order valence-corrected chi connectivity index (χ3v) is 7.63. The predicted molar refractivity (Wildman–Crippen MR) is 138 cm³/mol. The maximum atomic E-state index is 10.5. The highest BCUT2D eigenvalue weighted by molar-refractivity contribution is 5.18. The number of aliphatic hydroxyl groups is 2. The van der Waals surface area contributed by atoms with Crippen LogP contribution in [0.2, 0.25) is 0 Å². The third kappa shape index (κ3) is 11.0. The van der Waals surface area contributed by atoms with Gasteiger partial charge in [0.05, 0.1) is 17.8 Å². The molecular formula is C29H54O3. The van der Waals surface area contributed by atoms with Gasteiger partial charge in [-0.15, -0.1) is 0 Å². The van der Waals surface area contributed by atoms with Crippen LogP contribution in [0.5, 0.6) is 0 Å². The van der Waals surface area contributed by atoms with Crippen molar-refractivity contribution in [3.63, 3.8) is 0 Å². The van der Waals surface area contributed by atoms with E-state index >= 15 is 0 Å². The standard InChI is InChI=1S/C29H54O3/c1-8-10-11-19-29(7,31)20-13-16-22(3)14-12-15-23(4)17-18-26-21-27(30)24(5)25(6)28(26)32-9-2/h14,21,23-25,27-28,30-31H,8-13,15-20H2,1-7H3. The Labute approximate surface area is 199 Å². The molecule has 2 N–H and O–H groups in total. The zero-order chi connectivity index (χ0) is 24.1. The summed E-state index contributed by atoms with van der Waals surface area (Å²) in [6, 6.07) is 0. The summed E-state index contributed by atoms with van der Waals surface area (Å²) in [6.07, 6.45) is 16.3. The van der Waals surface area contributed by atoms with E-state index in [0.29, 0.717) is 11.8 Å². The first kappa shape index (κ1) is 29.4. The van der Waals surface area contributed by atoms with Crippen LogP contribution in [-0.2, 0) is 4.74 Å². The molecule has 0 saturated heterocycles. The van der Waals surface area contributed by atoms with E-state index in [1.807, 2.05) is 6.92 Å². The van der Waals surface area contributed by atoms with Crippen molar-refractivity contribution >= 4 is 0 Å². The molecule has 0 aromatic rings. The van der Waals surface area contributed by atoms with Gasteiger partial charge in [-0.1, -0.05) is 64.7 Å². The fourth-order valence-corrected chi connectivity index (χ4v) is 4.96. The Morgan fingerprint density at radius 2 is 1.81 bits per heavy atom. The van der Waals surface area contributed by atoms with E-state index in [4.69, 9.17) is 4.74 Å². The van der Waals surface area contributed by atoms with Crippen molar-refractivity contribution < 1.29 is 14.9 Å². The maximum absolute atomic E-state index is 10.5. The van der Waals surface area contributed by atoms with Crippen LogP contribution in [0, 0.1) is 17.8 Å². The van der Waals surface area contributed by atoms with Crippen molar-refractivity contribution in [2.45, 2.75) is 137 Å². The molecule has 0 radical (unpaired) electrons. The summed E-state index contributed by atoms with van der Waals surface area (Å²) in [5.41, 5.74) is 2.26. The molecule has 3 nitrogen and oxygen atoms in total. The van der Waals surface area contributed by atoms with Crippen LogP contribution in [-0.4, -0.2) is 34.6 Å². The summed E-state index contributed by atoms with van der Waals surface area (Å²) in [6.45, 7) is 15.9. The van der Waals surface area contributed by atoms with E-state index in [1.165, 1.54) is 30.4 Å². The lowest BCUT2D eigenvalue weighted by Crippen LogP contribution is -2.39. The Hall–Kier alpha value is -0.640. The average Bonchev–Trinajstić information content (AvgIpc) is 2.73. The lowest BCUT2D eigenvalue weighted by molar-refractivity contribution is -0.00630. The molecule has 188 valence electrons. The smallest absolute Gasteiger partial charge is 0.0814 e. The summed E-state index contributed by atoms with van der Waals surface area (Å²) < 4.78 is 6.05. The molecule has 0 bridgehead atoms. The van der Waals surface area contributed by atoms with Crippen LogP contribution in [0.15, 0.2) is 23.3 Å². The molecule has 1 rings (SSSR count). The van der Waals surface area contributed by atoms with Crippen molar-refractivity contribution in [2.24, 2.45) is 17.8 Å². The summed E-state index contributed by atoms with van der Waals surface area (Å²) in [5, 5.41) is 20.9. The fourth-order valence-electron chi connectivity index (χ4n) is 4.96. The summed E-state index contributed by atoms with van der Waals surface area (Å²) in [4.78, 5) is 0. The van der Waals surface area contributed by atoms with Gasteiger partial charge in [0.1, 0.15) is 0 Å². The molecule has 3 heteroatoms. The van der Waals surface area contributed by atoms with Gasteiger partial charge in [0, 0.05) is 6.61 Å². The van der Waals surface area contributed by atoms with Crippen molar-refractivity contribution in [1.29, 1.82) is 0 Å². The molecule has 6 unspecified atom stereocenters. The Balaban J connectivity index is 2.35. The Bertz CT molecular complexity index is 563. The Kier molecular flexibility index (Phi) is 14.1. The molecule has 0 heterocycles. The van der Waals surface area contributed by atoms with Crippen LogP contribution in [0.25, 0.3) is 0 Å². The van der Waals surface area contributed by atoms with Crippen LogP contribution < -0.4 is 0 Å². The van der Waals surface area contributed by atoms with Crippen LogP contribution in [0.4, 0.5) is 0 Å². The van der Waals surface area contributed by atoms with Gasteiger partial charge < -0.3 is 14.9 Å². The first-order valence-electron chi connectivity index (χ1n) is 13.5. The molecule has 0 aliphatic heterocycles. The van der Waals surface area contributed by atoms with Crippen molar-refractivity contribution in [2.75, 3.05) is 6.61 Å². The van der Waals surface area contributed by atoms with Gasteiger partial charge in [-0.25, -0.2) is 0 Å². The third-order valence-electron chi connectivity index (χ3n) is 7.63. The summed E-state index contributed by atoms with van der Waals surface area (Å²) in [7, 11) is 0. The van der Waals surface area contributed by atoms with E-state index in [9.17, 15) is 10.2 Å². The molecule has 0 aromatic heterocycles. The topological polar surface area (TPSA) is 49.7 Å². The normalized spacial score (nSPS) is 27.2. The van der Waals surface area contributed by atoms with E-state index in [2.05, 4.69) is 53.7 Å². The molecule has 0 amide bonds. The van der Waals surface area contributed by atoms with Gasteiger partial charge in [-0.2, -0.15) is 0 Å². The SMILES string of the molecule is CCCCCC(C)(O)CCCC(C)=CCCC(C)CCC1=CC(O)C(C)C(C)C1OCC. The first-order valence-corrected chi connectivity index (χ1v) is 13.5. The second-order valence-corrected chi connectivity index (χ2v) is 10.9. The zero-order valence-corrected chi connectivity index (χ0v) is 22.3. The fraction of sp³-hybridized carbons (Fsp3) is 0.862. The second-order valence-electron chi connectivity index (χ2n) is 10.9. The first-order chi connectivity index (χ1) is 15.1. The number of ether oxygens (including phenoxy) is 1. The predicted octanol–water partition coefficient (Wildman–Crippen LogP) is 7.61. The molecule has 6 atom stereocenters. The van der Waals surface area contributed by atoms with Crippen molar-refractivity contribution in [1.82, 2.24) is 0 Å². The highest BCUT2D eigenvalue weighted by Gasteiger charge is 2.34. The molecule has 0 aromatic carbocycles. The number of allylic oxidation sites excluding steroid dienone is 2. The largest absolute Gasteiger partial charge is 0.390 e. The van der Waals surface area contributed by atoms with E-state index in [1.54, 1.807) is 0 Å². The van der Waals surface area contributed by atoms with E-state index < -0.39 is 5.60 Å². The van der Waals surface area contributed by atoms with Crippen molar-refractivity contribution in [3.05, 3.63) is 23.3 Å². The number of rotatable bonds is 16. The summed E-state index contributed by atoms with van der Waals surface area (Å²) >= 11 is 0. The molecule has 0 saturated carbocycles. The molecule has 1 aliphatic rings. The molecule has 0 fully saturated rings. The van der Waals surface area contributed by atoms with Gasteiger partial charge in [0.15, 0.2) is 0 Å². The molecule has 0 spiro atoms. The molecule has 32 heavy (non-hydrogen) atoms. The maximum Gasteiger partial charge on any atom is 0.0814 e. The van der Waals surface area contributed by atoms with Crippen LogP contribution in [0.1, 0.15) is 119 Å². The van der Waals surface area contributed by atoms with E-state index in [-0.39, 0.29) is 18.1 Å². The van der Waals surface area contributed by atoms with Gasteiger partial charge in [-0.3, -0.25) is 0 Å². The Morgan fingerprint density at radius 1 is 1.12 bits per heavy atom.